The topological polar surface area (TPSA) is 95.5 Å². The number of rotatable bonds is 10. The minimum Gasteiger partial charge on any atom is -0.493 e. The number of hydrazone groups is 1. The molecule has 0 bridgehead atoms. The summed E-state index contributed by atoms with van der Waals surface area (Å²) in [5, 5.41) is 3.86. The molecule has 0 unspecified atom stereocenters. The van der Waals surface area contributed by atoms with Gasteiger partial charge in [-0.3, -0.25) is 0 Å². The minimum absolute atomic E-state index is 0.00426. The average molecular weight is 408 g/mol. The second-order valence-electron chi connectivity index (χ2n) is 5.60. The van der Waals surface area contributed by atoms with E-state index in [1.807, 2.05) is 6.92 Å². The molecule has 1 N–H and O–H groups in total. The molecule has 2 aromatic carbocycles. The second-order valence-corrected chi connectivity index (χ2v) is 7.26. The van der Waals surface area contributed by atoms with Gasteiger partial charge in [-0.2, -0.15) is 13.5 Å². The van der Waals surface area contributed by atoms with Crippen molar-refractivity contribution in [2.24, 2.45) is 5.10 Å². The van der Waals surface area contributed by atoms with Crippen molar-refractivity contribution in [3.63, 3.8) is 0 Å². The molecule has 0 atom stereocenters. The Labute approximate surface area is 165 Å². The fourth-order valence-electron chi connectivity index (χ4n) is 2.36. The highest BCUT2D eigenvalue weighted by molar-refractivity contribution is 7.89. The molecular formula is C19H24N2O6S. The molecule has 0 aliphatic carbocycles. The first kappa shape index (κ1) is 21.4. The number of benzene rings is 2. The summed E-state index contributed by atoms with van der Waals surface area (Å²) in [6.45, 7) is 2.49. The zero-order valence-electron chi connectivity index (χ0n) is 16.3. The van der Waals surface area contributed by atoms with Crippen LogP contribution >= 0.6 is 0 Å². The molecule has 0 aromatic heterocycles. The van der Waals surface area contributed by atoms with Gasteiger partial charge in [0.15, 0.2) is 23.0 Å². The average Bonchev–Trinajstić information content (AvgIpc) is 2.71. The summed E-state index contributed by atoms with van der Waals surface area (Å²) >= 11 is 0. The minimum atomic E-state index is -3.89. The summed E-state index contributed by atoms with van der Waals surface area (Å²) in [5.74, 6) is 1.78. The van der Waals surface area contributed by atoms with Gasteiger partial charge in [0.1, 0.15) is 0 Å². The zero-order chi connectivity index (χ0) is 20.6. The number of methoxy groups -OCH3 is 3. The number of sulfonamides is 1. The van der Waals surface area contributed by atoms with E-state index in [4.69, 9.17) is 18.9 Å². The molecule has 0 spiro atoms. The second kappa shape index (κ2) is 9.84. The highest BCUT2D eigenvalue weighted by Gasteiger charge is 2.16. The van der Waals surface area contributed by atoms with Crippen molar-refractivity contribution in [1.29, 1.82) is 0 Å². The van der Waals surface area contributed by atoms with Crippen LogP contribution in [0.15, 0.2) is 46.4 Å². The van der Waals surface area contributed by atoms with Crippen LogP contribution < -0.4 is 23.8 Å². The van der Waals surface area contributed by atoms with Crippen LogP contribution in [0.3, 0.4) is 0 Å². The first-order valence-electron chi connectivity index (χ1n) is 8.53. The molecule has 0 aliphatic rings. The Bertz CT molecular complexity index is 928. The quantitative estimate of drug-likeness (QED) is 0.480. The van der Waals surface area contributed by atoms with E-state index in [9.17, 15) is 8.42 Å². The van der Waals surface area contributed by atoms with Crippen LogP contribution in [0.1, 0.15) is 18.9 Å². The van der Waals surface area contributed by atoms with Gasteiger partial charge in [-0.15, -0.1) is 0 Å². The van der Waals surface area contributed by atoms with Gasteiger partial charge < -0.3 is 18.9 Å². The van der Waals surface area contributed by atoms with Gasteiger partial charge in [-0.1, -0.05) is 13.0 Å². The van der Waals surface area contributed by atoms with E-state index in [-0.39, 0.29) is 4.90 Å². The van der Waals surface area contributed by atoms with Gasteiger partial charge in [-0.05, 0) is 30.7 Å². The van der Waals surface area contributed by atoms with Crippen LogP contribution in [-0.4, -0.2) is 42.6 Å². The molecular weight excluding hydrogens is 384 g/mol. The van der Waals surface area contributed by atoms with Gasteiger partial charge in [0.05, 0.1) is 39.0 Å². The lowest BCUT2D eigenvalue weighted by Gasteiger charge is -2.12. The van der Waals surface area contributed by atoms with E-state index in [0.29, 0.717) is 35.2 Å². The van der Waals surface area contributed by atoms with Gasteiger partial charge in [-0.25, -0.2) is 4.83 Å². The molecule has 2 rings (SSSR count). The summed E-state index contributed by atoms with van der Waals surface area (Å²) in [6.07, 6.45) is 2.19. The Morgan fingerprint density at radius 2 is 1.71 bits per heavy atom. The van der Waals surface area contributed by atoms with Crippen molar-refractivity contribution in [2.75, 3.05) is 27.9 Å². The molecule has 152 valence electrons. The van der Waals surface area contributed by atoms with E-state index < -0.39 is 10.0 Å². The third kappa shape index (κ3) is 5.07. The third-order valence-electron chi connectivity index (χ3n) is 3.72. The van der Waals surface area contributed by atoms with Crippen LogP contribution in [0.4, 0.5) is 0 Å². The van der Waals surface area contributed by atoms with Crippen molar-refractivity contribution in [1.82, 2.24) is 4.83 Å². The van der Waals surface area contributed by atoms with Gasteiger partial charge in [0.25, 0.3) is 10.0 Å². The van der Waals surface area contributed by atoms with Gasteiger partial charge >= 0.3 is 0 Å². The molecule has 0 amide bonds. The molecule has 0 heterocycles. The fraction of sp³-hybridized carbons (Fsp3) is 0.316. The molecule has 9 heteroatoms. The van der Waals surface area contributed by atoms with Crippen LogP contribution in [0, 0.1) is 0 Å². The van der Waals surface area contributed by atoms with E-state index in [2.05, 4.69) is 9.93 Å². The summed E-state index contributed by atoms with van der Waals surface area (Å²) in [6, 6.07) is 9.55. The summed E-state index contributed by atoms with van der Waals surface area (Å²) in [5.41, 5.74) is 0.586. The van der Waals surface area contributed by atoms with Crippen LogP contribution in [0.2, 0.25) is 0 Å². The lowest BCUT2D eigenvalue weighted by molar-refractivity contribution is 0.294. The number of hydrogen-bond donors (Lipinski definition) is 1. The number of nitrogens with zero attached hydrogens (tertiary/aromatic N) is 1. The molecule has 0 saturated carbocycles. The molecule has 2 aromatic rings. The highest BCUT2D eigenvalue weighted by Crippen LogP contribution is 2.31. The number of hydrogen-bond acceptors (Lipinski definition) is 7. The Hall–Kier alpha value is -2.94. The maximum absolute atomic E-state index is 12.5. The number of nitrogens with one attached hydrogen (secondary N) is 1. The largest absolute Gasteiger partial charge is 0.493 e. The van der Waals surface area contributed by atoms with E-state index >= 15 is 0 Å². The Morgan fingerprint density at radius 3 is 2.36 bits per heavy atom. The molecule has 0 radical (unpaired) electrons. The third-order valence-corrected chi connectivity index (χ3v) is 4.94. The number of ether oxygens (including phenoxy) is 4. The van der Waals surface area contributed by atoms with Crippen molar-refractivity contribution in [2.45, 2.75) is 18.2 Å². The normalized spacial score (nSPS) is 11.3. The highest BCUT2D eigenvalue weighted by atomic mass is 32.2. The van der Waals surface area contributed by atoms with Crippen LogP contribution in [-0.2, 0) is 10.0 Å². The van der Waals surface area contributed by atoms with Crippen molar-refractivity contribution in [3.05, 3.63) is 42.0 Å². The smallest absolute Gasteiger partial charge is 0.276 e. The monoisotopic (exact) mass is 408 g/mol. The lowest BCUT2D eigenvalue weighted by atomic mass is 10.2. The Balaban J connectivity index is 2.24. The molecule has 0 saturated heterocycles. The maximum atomic E-state index is 12.5. The Morgan fingerprint density at radius 1 is 1.00 bits per heavy atom. The summed E-state index contributed by atoms with van der Waals surface area (Å²) < 4.78 is 46.2. The fourth-order valence-corrected chi connectivity index (χ4v) is 3.16. The van der Waals surface area contributed by atoms with Crippen molar-refractivity contribution < 1.29 is 27.4 Å². The van der Waals surface area contributed by atoms with E-state index in [1.165, 1.54) is 45.7 Å². The first-order chi connectivity index (χ1) is 13.5. The first-order valence-corrected chi connectivity index (χ1v) is 10.0. The van der Waals surface area contributed by atoms with Gasteiger partial charge in [0, 0.05) is 11.6 Å². The molecule has 28 heavy (non-hydrogen) atoms. The molecule has 0 aliphatic heterocycles. The summed E-state index contributed by atoms with van der Waals surface area (Å²) in [7, 11) is 0.552. The zero-order valence-corrected chi connectivity index (χ0v) is 17.1. The summed E-state index contributed by atoms with van der Waals surface area (Å²) in [4.78, 5) is 2.18. The van der Waals surface area contributed by atoms with E-state index in [0.717, 1.165) is 6.42 Å². The number of para-hydroxylation sites is 1. The lowest BCUT2D eigenvalue weighted by Crippen LogP contribution is -2.18. The van der Waals surface area contributed by atoms with Crippen molar-refractivity contribution >= 4 is 16.2 Å². The van der Waals surface area contributed by atoms with Crippen molar-refractivity contribution in [3.8, 4) is 23.0 Å². The van der Waals surface area contributed by atoms with E-state index in [1.54, 1.807) is 18.2 Å². The predicted octanol–water partition coefficient (Wildman–Crippen LogP) is 2.81. The van der Waals surface area contributed by atoms with Crippen LogP contribution in [0.5, 0.6) is 23.0 Å². The SMILES string of the molecule is CCCOc1c(/C=N/NS(=O)(=O)c2ccc(OC)c(OC)c2)cccc1OC. The maximum Gasteiger partial charge on any atom is 0.276 e. The standard InChI is InChI=1S/C19H24N2O6S/c1-5-11-27-19-14(7-6-8-17(19)25-3)13-20-21-28(22,23)15-9-10-16(24-2)18(12-15)26-4/h6-10,12-13,21H,5,11H2,1-4H3/b20-13+. The molecule has 8 nitrogen and oxygen atoms in total. The van der Waals surface area contributed by atoms with Crippen LogP contribution in [0.25, 0.3) is 0 Å². The molecule has 0 fully saturated rings. The predicted molar refractivity (Wildman–Crippen MR) is 106 cm³/mol. The van der Waals surface area contributed by atoms with Gasteiger partial charge in [0.2, 0.25) is 0 Å². The Kier molecular flexibility index (Phi) is 7.51.